The van der Waals surface area contributed by atoms with Crippen molar-refractivity contribution in [3.05, 3.63) is 66.9 Å². The van der Waals surface area contributed by atoms with E-state index in [1.54, 1.807) is 30.3 Å². The second-order valence-electron chi connectivity index (χ2n) is 7.65. The summed E-state index contributed by atoms with van der Waals surface area (Å²) in [6.07, 6.45) is 5.02. The van der Waals surface area contributed by atoms with E-state index in [4.69, 9.17) is 0 Å². The molecular formula is C23H27N3O3S. The summed E-state index contributed by atoms with van der Waals surface area (Å²) in [7, 11) is -3.68. The van der Waals surface area contributed by atoms with Crippen LogP contribution in [0.1, 0.15) is 25.7 Å². The largest absolute Gasteiger partial charge is 0.355 e. The van der Waals surface area contributed by atoms with Crippen LogP contribution in [-0.4, -0.2) is 42.3 Å². The number of piperidine rings is 1. The predicted molar refractivity (Wildman–Crippen MR) is 118 cm³/mol. The Labute approximate surface area is 177 Å². The first kappa shape index (κ1) is 20.6. The molecule has 30 heavy (non-hydrogen) atoms. The molecule has 3 aromatic rings. The quantitative estimate of drug-likeness (QED) is 0.590. The maximum absolute atomic E-state index is 13.1. The zero-order valence-corrected chi connectivity index (χ0v) is 17.7. The Balaban J connectivity index is 1.37. The van der Waals surface area contributed by atoms with E-state index in [1.807, 2.05) is 12.1 Å². The molecule has 2 heterocycles. The molecule has 1 atom stereocenters. The second-order valence-corrected chi connectivity index (χ2v) is 9.54. The molecule has 0 spiro atoms. The third-order valence-corrected chi connectivity index (χ3v) is 7.58. The molecule has 1 aromatic heterocycles. The van der Waals surface area contributed by atoms with Gasteiger partial charge in [-0.1, -0.05) is 42.8 Å². The highest BCUT2D eigenvalue weighted by molar-refractivity contribution is 7.89. The van der Waals surface area contributed by atoms with E-state index in [0.717, 1.165) is 25.8 Å². The summed E-state index contributed by atoms with van der Waals surface area (Å²) >= 11 is 0. The zero-order chi connectivity index (χ0) is 21.0. The van der Waals surface area contributed by atoms with Crippen LogP contribution in [-0.2, 0) is 21.4 Å². The van der Waals surface area contributed by atoms with Crippen molar-refractivity contribution in [2.24, 2.45) is 0 Å². The maximum Gasteiger partial charge on any atom is 0.243 e. The molecule has 0 radical (unpaired) electrons. The predicted octanol–water partition coefficient (Wildman–Crippen LogP) is 3.39. The first-order chi connectivity index (χ1) is 14.6. The molecule has 1 N–H and O–H groups in total. The molecule has 1 aliphatic rings. The summed E-state index contributed by atoms with van der Waals surface area (Å²) in [4.78, 5) is 13.1. The van der Waals surface area contributed by atoms with E-state index < -0.39 is 16.1 Å². The highest BCUT2D eigenvalue weighted by Gasteiger charge is 2.37. The van der Waals surface area contributed by atoms with Gasteiger partial charge in [0.05, 0.1) is 4.90 Å². The van der Waals surface area contributed by atoms with Crippen LogP contribution in [0, 0.1) is 0 Å². The number of carbonyl (C=O) groups excluding carboxylic acids is 1. The molecule has 1 saturated heterocycles. The molecule has 1 fully saturated rings. The van der Waals surface area contributed by atoms with Gasteiger partial charge in [-0.2, -0.15) is 4.31 Å². The summed E-state index contributed by atoms with van der Waals surface area (Å²) in [5.41, 5.74) is 1.18. The van der Waals surface area contributed by atoms with Gasteiger partial charge >= 0.3 is 0 Å². The van der Waals surface area contributed by atoms with Gasteiger partial charge in [-0.15, -0.1) is 0 Å². The minimum atomic E-state index is -3.68. The van der Waals surface area contributed by atoms with E-state index in [-0.39, 0.29) is 10.8 Å². The van der Waals surface area contributed by atoms with Crippen LogP contribution in [0.2, 0.25) is 0 Å². The number of nitrogens with zero attached hydrogens (tertiary/aromatic N) is 2. The molecule has 2 aromatic carbocycles. The molecular weight excluding hydrogens is 398 g/mol. The summed E-state index contributed by atoms with van der Waals surface area (Å²) in [5, 5.41) is 4.16. The highest BCUT2D eigenvalue weighted by atomic mass is 32.2. The van der Waals surface area contributed by atoms with Crippen molar-refractivity contribution in [2.75, 3.05) is 13.1 Å². The molecule has 158 valence electrons. The Kier molecular flexibility index (Phi) is 6.20. The zero-order valence-electron chi connectivity index (χ0n) is 16.9. The van der Waals surface area contributed by atoms with Gasteiger partial charge in [0.1, 0.15) is 6.04 Å². The number of hydrogen-bond donors (Lipinski definition) is 1. The number of carbonyl (C=O) groups is 1. The summed E-state index contributed by atoms with van der Waals surface area (Å²) in [5.74, 6) is -0.202. The van der Waals surface area contributed by atoms with Crippen LogP contribution < -0.4 is 5.32 Å². The normalized spacial score (nSPS) is 17.8. The fourth-order valence-electron chi connectivity index (χ4n) is 4.10. The SMILES string of the molecule is O=C(NCCCn1ccc2ccccc21)C1CCCCN1S(=O)(=O)c1ccccc1. The fraction of sp³-hybridized carbons (Fsp3) is 0.348. The first-order valence-corrected chi connectivity index (χ1v) is 11.9. The molecule has 0 bridgehead atoms. The topological polar surface area (TPSA) is 71.4 Å². The van der Waals surface area contributed by atoms with Gasteiger partial charge in [0.15, 0.2) is 0 Å². The number of para-hydroxylation sites is 1. The first-order valence-electron chi connectivity index (χ1n) is 10.5. The van der Waals surface area contributed by atoms with E-state index >= 15 is 0 Å². The van der Waals surface area contributed by atoms with Gasteiger partial charge in [-0.3, -0.25) is 4.79 Å². The van der Waals surface area contributed by atoms with Crippen molar-refractivity contribution < 1.29 is 13.2 Å². The van der Waals surface area contributed by atoms with Crippen molar-refractivity contribution in [2.45, 2.75) is 43.2 Å². The Morgan fingerprint density at radius 2 is 1.77 bits per heavy atom. The van der Waals surface area contributed by atoms with Crippen molar-refractivity contribution in [3.8, 4) is 0 Å². The number of nitrogens with one attached hydrogen (secondary N) is 1. The molecule has 4 rings (SSSR count). The number of rotatable bonds is 7. The van der Waals surface area contributed by atoms with Crippen molar-refractivity contribution in [3.63, 3.8) is 0 Å². The molecule has 0 aliphatic carbocycles. The van der Waals surface area contributed by atoms with Crippen molar-refractivity contribution in [1.29, 1.82) is 0 Å². The number of amides is 1. The lowest BCUT2D eigenvalue weighted by molar-refractivity contribution is -0.125. The Hall–Kier alpha value is -2.64. The molecule has 1 aliphatic heterocycles. The van der Waals surface area contributed by atoms with Gasteiger partial charge < -0.3 is 9.88 Å². The lowest BCUT2D eigenvalue weighted by Crippen LogP contribution is -2.51. The summed E-state index contributed by atoms with van der Waals surface area (Å²) in [6.45, 7) is 1.69. The number of aromatic nitrogens is 1. The third kappa shape index (κ3) is 4.27. The van der Waals surface area contributed by atoms with Crippen LogP contribution in [0.25, 0.3) is 10.9 Å². The smallest absolute Gasteiger partial charge is 0.243 e. The third-order valence-electron chi connectivity index (χ3n) is 5.66. The van der Waals surface area contributed by atoms with Crippen LogP contribution in [0.15, 0.2) is 71.8 Å². The van der Waals surface area contributed by atoms with Crippen molar-refractivity contribution >= 4 is 26.8 Å². The molecule has 1 amide bonds. The average Bonchev–Trinajstić information content (AvgIpc) is 3.20. The van der Waals surface area contributed by atoms with Gasteiger partial charge in [-0.05, 0) is 48.9 Å². The average molecular weight is 426 g/mol. The Morgan fingerprint density at radius 1 is 1.00 bits per heavy atom. The fourth-order valence-corrected chi connectivity index (χ4v) is 5.77. The van der Waals surface area contributed by atoms with Crippen LogP contribution in [0.4, 0.5) is 0 Å². The number of fused-ring (bicyclic) bond motifs is 1. The number of benzene rings is 2. The highest BCUT2D eigenvalue weighted by Crippen LogP contribution is 2.25. The lowest BCUT2D eigenvalue weighted by Gasteiger charge is -2.33. The molecule has 7 heteroatoms. The number of hydrogen-bond acceptors (Lipinski definition) is 3. The second kappa shape index (κ2) is 9.02. The molecule has 1 unspecified atom stereocenters. The Morgan fingerprint density at radius 3 is 2.60 bits per heavy atom. The number of aryl methyl sites for hydroxylation is 1. The summed E-state index contributed by atoms with van der Waals surface area (Å²) < 4.78 is 29.7. The molecule has 0 saturated carbocycles. The number of sulfonamides is 1. The monoisotopic (exact) mass is 425 g/mol. The van der Waals surface area contributed by atoms with Crippen molar-refractivity contribution in [1.82, 2.24) is 14.2 Å². The van der Waals surface area contributed by atoms with Gasteiger partial charge in [0.2, 0.25) is 15.9 Å². The van der Waals surface area contributed by atoms with Gasteiger partial charge in [0.25, 0.3) is 0 Å². The standard InChI is InChI=1S/C23H27N3O3S/c27-23(24-15-8-16-25-18-14-19-9-4-5-12-21(19)25)22-13-6-7-17-26(22)30(28,29)20-10-2-1-3-11-20/h1-5,9-12,14,18,22H,6-8,13,15-17H2,(H,24,27). The van der Waals surface area contributed by atoms with E-state index in [1.165, 1.54) is 15.2 Å². The summed E-state index contributed by atoms with van der Waals surface area (Å²) in [6, 6.07) is 18.0. The van der Waals surface area contributed by atoms with Gasteiger partial charge in [-0.25, -0.2) is 8.42 Å². The Bertz CT molecular complexity index is 1110. The van der Waals surface area contributed by atoms with Crippen LogP contribution in [0.3, 0.4) is 0 Å². The van der Waals surface area contributed by atoms with E-state index in [0.29, 0.717) is 19.5 Å². The van der Waals surface area contributed by atoms with E-state index in [9.17, 15) is 13.2 Å². The van der Waals surface area contributed by atoms with E-state index in [2.05, 4.69) is 34.3 Å². The maximum atomic E-state index is 13.1. The van der Waals surface area contributed by atoms with Gasteiger partial charge in [0, 0.05) is 31.3 Å². The minimum Gasteiger partial charge on any atom is -0.355 e. The van der Waals surface area contributed by atoms with Crippen LogP contribution in [0.5, 0.6) is 0 Å². The van der Waals surface area contributed by atoms with Crippen LogP contribution >= 0.6 is 0 Å². The molecule has 6 nitrogen and oxygen atoms in total. The lowest BCUT2D eigenvalue weighted by atomic mass is 10.0. The minimum absolute atomic E-state index is 0.202.